The lowest BCUT2D eigenvalue weighted by atomic mass is 10.2. The van der Waals surface area contributed by atoms with Gasteiger partial charge in [-0.15, -0.1) is 10.2 Å². The maximum absolute atomic E-state index is 10.8. The quantitative estimate of drug-likeness (QED) is 0.389. The number of nitrogens with two attached hydrogens (primary N) is 1. The van der Waals surface area contributed by atoms with Gasteiger partial charge in [-0.25, -0.2) is 0 Å². The molecule has 8 heteroatoms. The van der Waals surface area contributed by atoms with Crippen LogP contribution >= 0.6 is 0 Å². The minimum absolute atomic E-state index is 0.0496. The Kier molecular flexibility index (Phi) is 4.75. The van der Waals surface area contributed by atoms with Gasteiger partial charge in [-0.1, -0.05) is 6.07 Å². The van der Waals surface area contributed by atoms with Crippen LogP contribution in [0.1, 0.15) is 5.56 Å². The third kappa shape index (κ3) is 3.54. The van der Waals surface area contributed by atoms with E-state index in [1.165, 1.54) is 26.4 Å². The van der Waals surface area contributed by atoms with Crippen LogP contribution in [-0.4, -0.2) is 19.1 Å². The van der Waals surface area contributed by atoms with Gasteiger partial charge in [-0.3, -0.25) is 10.1 Å². The largest absolute Gasteiger partial charge is 0.495 e. The number of benzene rings is 2. The van der Waals surface area contributed by atoms with Crippen molar-refractivity contribution < 1.29 is 14.4 Å². The van der Waals surface area contributed by atoms with Crippen molar-refractivity contribution in [3.63, 3.8) is 0 Å². The smallest absolute Gasteiger partial charge is 0.271 e. The molecule has 2 aromatic rings. The molecule has 0 unspecified atom stereocenters. The van der Waals surface area contributed by atoms with Crippen LogP contribution in [0.2, 0.25) is 0 Å². The number of nitro groups is 1. The summed E-state index contributed by atoms with van der Waals surface area (Å²) >= 11 is 0. The number of ether oxygens (including phenoxy) is 2. The lowest BCUT2D eigenvalue weighted by Gasteiger charge is -2.09. The van der Waals surface area contributed by atoms with E-state index in [-0.39, 0.29) is 5.69 Å². The van der Waals surface area contributed by atoms with Gasteiger partial charge >= 0.3 is 0 Å². The molecule has 0 fully saturated rings. The molecular formula is C15H16N4O4. The number of nitrogen functional groups attached to an aromatic ring is 1. The van der Waals surface area contributed by atoms with E-state index in [1.807, 2.05) is 0 Å². The molecule has 8 nitrogen and oxygen atoms in total. The Bertz CT molecular complexity index is 774. The summed E-state index contributed by atoms with van der Waals surface area (Å²) < 4.78 is 10.3. The summed E-state index contributed by atoms with van der Waals surface area (Å²) in [5.41, 5.74) is 7.74. The first-order chi connectivity index (χ1) is 11.0. The molecule has 0 radical (unpaired) electrons. The minimum Gasteiger partial charge on any atom is -0.495 e. The highest BCUT2D eigenvalue weighted by Crippen LogP contribution is 2.37. The average molecular weight is 316 g/mol. The summed E-state index contributed by atoms with van der Waals surface area (Å²) in [6.07, 6.45) is 0. The molecule has 0 aliphatic rings. The molecule has 0 amide bonds. The lowest BCUT2D eigenvalue weighted by Crippen LogP contribution is -1.94. The molecule has 0 heterocycles. The van der Waals surface area contributed by atoms with Crippen LogP contribution in [-0.2, 0) is 0 Å². The zero-order valence-corrected chi connectivity index (χ0v) is 12.9. The zero-order chi connectivity index (χ0) is 17.0. The number of nitrogens with zero attached hydrogens (tertiary/aromatic N) is 3. The van der Waals surface area contributed by atoms with Crippen molar-refractivity contribution in [3.05, 3.63) is 46.0 Å². The molecule has 0 atom stereocenters. The zero-order valence-electron chi connectivity index (χ0n) is 12.9. The third-order valence-electron chi connectivity index (χ3n) is 3.20. The second kappa shape index (κ2) is 6.73. The number of methoxy groups -OCH3 is 2. The molecule has 0 saturated heterocycles. The van der Waals surface area contributed by atoms with Crippen molar-refractivity contribution in [2.24, 2.45) is 10.2 Å². The summed E-state index contributed by atoms with van der Waals surface area (Å²) in [4.78, 5) is 10.4. The number of rotatable bonds is 5. The molecule has 0 aromatic heterocycles. The van der Waals surface area contributed by atoms with Crippen LogP contribution in [0, 0.1) is 17.0 Å². The molecule has 2 aromatic carbocycles. The van der Waals surface area contributed by atoms with Gasteiger partial charge in [-0.05, 0) is 12.5 Å². The fourth-order valence-electron chi connectivity index (χ4n) is 1.91. The summed E-state index contributed by atoms with van der Waals surface area (Å²) in [6.45, 7) is 1.79. The van der Waals surface area contributed by atoms with E-state index in [9.17, 15) is 10.1 Å². The van der Waals surface area contributed by atoms with Crippen LogP contribution in [0.4, 0.5) is 22.7 Å². The molecule has 2 N–H and O–H groups in total. The van der Waals surface area contributed by atoms with Gasteiger partial charge in [-0.2, -0.15) is 0 Å². The Morgan fingerprint density at radius 1 is 1.04 bits per heavy atom. The maximum Gasteiger partial charge on any atom is 0.271 e. The van der Waals surface area contributed by atoms with Gasteiger partial charge in [0.25, 0.3) is 5.69 Å². The van der Waals surface area contributed by atoms with Gasteiger partial charge in [0.05, 0.1) is 30.5 Å². The molecule has 2 rings (SSSR count). The number of aryl methyl sites for hydroxylation is 1. The molecule has 0 saturated carbocycles. The van der Waals surface area contributed by atoms with E-state index in [0.29, 0.717) is 28.6 Å². The first kappa shape index (κ1) is 16.2. The van der Waals surface area contributed by atoms with E-state index in [0.717, 1.165) is 5.56 Å². The van der Waals surface area contributed by atoms with Gasteiger partial charge in [0.2, 0.25) is 0 Å². The first-order valence-electron chi connectivity index (χ1n) is 6.64. The molecule has 0 bridgehead atoms. The number of non-ortho nitro benzene ring substituents is 1. The second-order valence-corrected chi connectivity index (χ2v) is 4.69. The lowest BCUT2D eigenvalue weighted by molar-refractivity contribution is -0.384. The minimum atomic E-state index is -0.481. The van der Waals surface area contributed by atoms with Crippen molar-refractivity contribution in [1.82, 2.24) is 0 Å². The Labute approximate surface area is 132 Å². The Hall–Kier alpha value is -3.16. The molecule has 23 heavy (non-hydrogen) atoms. The van der Waals surface area contributed by atoms with E-state index in [1.54, 1.807) is 25.1 Å². The van der Waals surface area contributed by atoms with E-state index in [4.69, 9.17) is 15.2 Å². The Morgan fingerprint density at radius 2 is 1.70 bits per heavy atom. The number of hydrogen-bond donors (Lipinski definition) is 1. The van der Waals surface area contributed by atoms with Crippen molar-refractivity contribution in [3.8, 4) is 11.5 Å². The highest BCUT2D eigenvalue weighted by molar-refractivity contribution is 5.67. The summed E-state index contributed by atoms with van der Waals surface area (Å²) in [5.74, 6) is 0.866. The summed E-state index contributed by atoms with van der Waals surface area (Å²) in [6, 6.07) is 7.56. The Morgan fingerprint density at radius 3 is 2.30 bits per heavy atom. The summed E-state index contributed by atoms with van der Waals surface area (Å²) in [7, 11) is 2.97. The maximum atomic E-state index is 10.8. The monoisotopic (exact) mass is 316 g/mol. The van der Waals surface area contributed by atoms with E-state index in [2.05, 4.69) is 10.2 Å². The molecule has 0 aliphatic heterocycles. The summed E-state index contributed by atoms with van der Waals surface area (Å²) in [5, 5.41) is 19.0. The number of anilines is 1. The molecule has 120 valence electrons. The van der Waals surface area contributed by atoms with E-state index >= 15 is 0 Å². The topological polar surface area (TPSA) is 112 Å². The van der Waals surface area contributed by atoms with Gasteiger partial charge < -0.3 is 15.2 Å². The van der Waals surface area contributed by atoms with Crippen LogP contribution in [0.15, 0.2) is 40.6 Å². The average Bonchev–Trinajstić information content (AvgIpc) is 2.54. The van der Waals surface area contributed by atoms with Gasteiger partial charge in [0.1, 0.15) is 17.2 Å². The van der Waals surface area contributed by atoms with Crippen LogP contribution in [0.5, 0.6) is 11.5 Å². The fourth-order valence-corrected chi connectivity index (χ4v) is 1.91. The number of azo groups is 1. The molecular weight excluding hydrogens is 300 g/mol. The highest BCUT2D eigenvalue weighted by Gasteiger charge is 2.11. The predicted molar refractivity (Wildman–Crippen MR) is 86.0 cm³/mol. The number of hydrogen-bond acceptors (Lipinski definition) is 7. The van der Waals surface area contributed by atoms with Crippen molar-refractivity contribution >= 4 is 22.7 Å². The molecule has 0 spiro atoms. The van der Waals surface area contributed by atoms with Crippen molar-refractivity contribution in [2.45, 2.75) is 6.92 Å². The molecule has 0 aliphatic carbocycles. The van der Waals surface area contributed by atoms with Gasteiger partial charge in [0.15, 0.2) is 0 Å². The Balaban J connectivity index is 2.44. The predicted octanol–water partition coefficient (Wildman–Crippen LogP) is 3.92. The number of nitro benzene ring substituents is 1. The second-order valence-electron chi connectivity index (χ2n) is 4.69. The van der Waals surface area contributed by atoms with E-state index < -0.39 is 4.92 Å². The first-order valence-corrected chi connectivity index (χ1v) is 6.64. The van der Waals surface area contributed by atoms with Crippen molar-refractivity contribution in [2.75, 3.05) is 20.0 Å². The van der Waals surface area contributed by atoms with Crippen LogP contribution in [0.3, 0.4) is 0 Å². The van der Waals surface area contributed by atoms with Crippen LogP contribution < -0.4 is 15.2 Å². The standard InChI is InChI=1S/C15H16N4O4/c1-9-4-5-10(19(20)21)6-12(9)17-18-13-8-14(22-2)11(16)7-15(13)23-3/h4-8H,16H2,1-3H3. The third-order valence-corrected chi connectivity index (χ3v) is 3.20. The van der Waals surface area contributed by atoms with Crippen molar-refractivity contribution in [1.29, 1.82) is 0 Å². The SMILES string of the molecule is COc1cc(N=Nc2cc([N+](=O)[O-])ccc2C)c(OC)cc1N. The fraction of sp³-hybridized carbons (Fsp3) is 0.200. The van der Waals surface area contributed by atoms with Crippen LogP contribution in [0.25, 0.3) is 0 Å². The van der Waals surface area contributed by atoms with Gasteiger partial charge in [0, 0.05) is 24.3 Å². The highest BCUT2D eigenvalue weighted by atomic mass is 16.6. The normalized spacial score (nSPS) is 10.7.